The summed E-state index contributed by atoms with van der Waals surface area (Å²) in [4.78, 5) is 2.38. The van der Waals surface area contributed by atoms with Gasteiger partial charge < -0.3 is 5.32 Å². The summed E-state index contributed by atoms with van der Waals surface area (Å²) in [5.74, 6) is 0. The number of hydrogen-bond acceptors (Lipinski definition) is 5. The second kappa shape index (κ2) is 5.42. The van der Waals surface area contributed by atoms with E-state index >= 15 is 0 Å². The predicted octanol–water partition coefficient (Wildman–Crippen LogP) is 0.789. The Morgan fingerprint density at radius 3 is 2.37 bits per heavy atom. The van der Waals surface area contributed by atoms with E-state index < -0.39 is 10.0 Å². The molecule has 0 amide bonds. The lowest BCUT2D eigenvalue weighted by molar-refractivity contribution is 0.103. The predicted molar refractivity (Wildman–Crippen MR) is 79.0 cm³/mol. The third kappa shape index (κ3) is 2.74. The Morgan fingerprint density at radius 1 is 1.21 bits per heavy atom. The molecule has 1 aromatic rings. The lowest BCUT2D eigenvalue weighted by atomic mass is 10.1. The van der Waals surface area contributed by atoms with E-state index in [1.54, 1.807) is 16.4 Å². The van der Waals surface area contributed by atoms with Crippen molar-refractivity contribution in [1.29, 1.82) is 0 Å². The van der Waals surface area contributed by atoms with Crippen LogP contribution in [0.4, 0.5) is 0 Å². The van der Waals surface area contributed by atoms with E-state index in [0.717, 1.165) is 30.0 Å². The number of nitrogens with zero attached hydrogens (tertiary/aromatic N) is 2. The Bertz CT molecular complexity index is 548. The van der Waals surface area contributed by atoms with Gasteiger partial charge in [0.2, 0.25) is 0 Å². The molecular weight excluding hydrogens is 350 g/mol. The summed E-state index contributed by atoms with van der Waals surface area (Å²) >= 11 is 4.59. The van der Waals surface area contributed by atoms with Crippen molar-refractivity contribution < 1.29 is 8.42 Å². The fourth-order valence-corrected chi connectivity index (χ4v) is 5.99. The molecule has 0 saturated carbocycles. The topological polar surface area (TPSA) is 52.7 Å². The smallest absolute Gasteiger partial charge is 0.252 e. The summed E-state index contributed by atoms with van der Waals surface area (Å²) < 4.78 is 27.8. The van der Waals surface area contributed by atoms with Crippen molar-refractivity contribution in [1.82, 2.24) is 14.5 Å². The Kier molecular flexibility index (Phi) is 3.98. The van der Waals surface area contributed by atoms with Crippen LogP contribution in [0.3, 0.4) is 0 Å². The van der Waals surface area contributed by atoms with Crippen molar-refractivity contribution in [3.05, 3.63) is 15.9 Å². The summed E-state index contributed by atoms with van der Waals surface area (Å²) in [6.07, 6.45) is 0. The van der Waals surface area contributed by atoms with Crippen molar-refractivity contribution in [2.75, 3.05) is 39.3 Å². The van der Waals surface area contributed by atoms with Crippen molar-refractivity contribution in [2.24, 2.45) is 0 Å². The maximum absolute atomic E-state index is 12.4. The minimum Gasteiger partial charge on any atom is -0.314 e. The summed E-state index contributed by atoms with van der Waals surface area (Å²) in [6, 6.07) is 4.06. The monoisotopic (exact) mass is 365 g/mol. The van der Waals surface area contributed by atoms with Crippen LogP contribution in [0, 0.1) is 0 Å². The molecule has 3 rings (SSSR count). The van der Waals surface area contributed by atoms with Crippen molar-refractivity contribution in [2.45, 2.75) is 10.3 Å². The number of thiophene rings is 1. The first-order valence-electron chi connectivity index (χ1n) is 6.27. The Hall–Kier alpha value is 0.01000. The molecular formula is C11H16BrN3O2S2. The zero-order valence-electron chi connectivity index (χ0n) is 10.4. The van der Waals surface area contributed by atoms with Crippen LogP contribution in [0.25, 0.3) is 0 Å². The molecule has 0 spiro atoms. The van der Waals surface area contributed by atoms with Crippen molar-refractivity contribution in [3.63, 3.8) is 0 Å². The Morgan fingerprint density at radius 2 is 1.89 bits per heavy atom. The normalized spacial score (nSPS) is 23.4. The van der Waals surface area contributed by atoms with Gasteiger partial charge in [-0.2, -0.15) is 4.31 Å². The molecule has 0 bridgehead atoms. The van der Waals surface area contributed by atoms with E-state index in [1.165, 1.54) is 11.3 Å². The van der Waals surface area contributed by atoms with Gasteiger partial charge in [0, 0.05) is 45.3 Å². The fourth-order valence-electron chi connectivity index (χ4n) is 2.40. The van der Waals surface area contributed by atoms with Crippen molar-refractivity contribution in [3.8, 4) is 0 Å². The molecule has 19 heavy (non-hydrogen) atoms. The maximum Gasteiger partial charge on any atom is 0.252 e. The highest BCUT2D eigenvalue weighted by Gasteiger charge is 2.33. The van der Waals surface area contributed by atoms with Crippen LogP contribution in [0.1, 0.15) is 0 Å². The fraction of sp³-hybridized carbons (Fsp3) is 0.636. The van der Waals surface area contributed by atoms with Gasteiger partial charge in [0.1, 0.15) is 4.21 Å². The zero-order chi connectivity index (χ0) is 13.5. The SMILES string of the molecule is O=S(=O)(c1ccc(Br)s1)N1CCN(C2CNC2)CC1. The van der Waals surface area contributed by atoms with Crippen LogP contribution >= 0.6 is 27.3 Å². The average molecular weight is 366 g/mol. The minimum atomic E-state index is -3.30. The summed E-state index contributed by atoms with van der Waals surface area (Å²) in [5, 5.41) is 3.25. The lowest BCUT2D eigenvalue weighted by Gasteiger charge is -2.42. The molecule has 0 atom stereocenters. The molecule has 0 aromatic carbocycles. The molecule has 0 unspecified atom stereocenters. The quantitative estimate of drug-likeness (QED) is 0.860. The van der Waals surface area contributed by atoms with Gasteiger partial charge in [0.25, 0.3) is 10.0 Å². The van der Waals surface area contributed by atoms with Crippen molar-refractivity contribution >= 4 is 37.3 Å². The molecule has 1 N–H and O–H groups in total. The number of nitrogens with one attached hydrogen (secondary N) is 1. The molecule has 2 saturated heterocycles. The second-order valence-electron chi connectivity index (χ2n) is 4.81. The molecule has 106 valence electrons. The van der Waals surface area contributed by atoms with Gasteiger partial charge in [0.15, 0.2) is 0 Å². The highest BCUT2D eigenvalue weighted by atomic mass is 79.9. The van der Waals surface area contributed by atoms with E-state index in [-0.39, 0.29) is 0 Å². The minimum absolute atomic E-state index is 0.429. The first-order valence-corrected chi connectivity index (χ1v) is 9.32. The van der Waals surface area contributed by atoms with Crippen LogP contribution in [0.2, 0.25) is 0 Å². The van der Waals surface area contributed by atoms with Gasteiger partial charge >= 0.3 is 0 Å². The van der Waals surface area contributed by atoms with Gasteiger partial charge in [-0.15, -0.1) is 11.3 Å². The summed E-state index contributed by atoms with van der Waals surface area (Å²) in [7, 11) is -3.30. The highest BCUT2D eigenvalue weighted by Crippen LogP contribution is 2.29. The number of rotatable bonds is 3. The second-order valence-corrected chi connectivity index (χ2v) is 9.44. The van der Waals surface area contributed by atoms with Crippen LogP contribution in [-0.4, -0.2) is 62.9 Å². The third-order valence-corrected chi connectivity index (χ3v) is 7.68. The number of halogens is 1. The number of piperazine rings is 1. The van der Waals surface area contributed by atoms with Gasteiger partial charge in [-0.05, 0) is 28.1 Å². The highest BCUT2D eigenvalue weighted by molar-refractivity contribution is 9.11. The first-order chi connectivity index (χ1) is 9.07. The molecule has 2 aliphatic heterocycles. The number of sulfonamides is 1. The largest absolute Gasteiger partial charge is 0.314 e. The standard InChI is InChI=1S/C11H16BrN3O2S2/c12-10-1-2-11(18-10)19(16,17)15-5-3-14(4-6-15)9-7-13-8-9/h1-2,9,13H,3-8H2. The molecule has 1 aromatic heterocycles. The Balaban J connectivity index is 1.67. The molecule has 2 aliphatic rings. The molecule has 0 aliphatic carbocycles. The van der Waals surface area contributed by atoms with Gasteiger partial charge in [-0.3, -0.25) is 4.90 Å². The Labute approximate surface area is 125 Å². The maximum atomic E-state index is 12.4. The molecule has 3 heterocycles. The summed E-state index contributed by atoms with van der Waals surface area (Å²) in [5.41, 5.74) is 0. The summed E-state index contributed by atoms with van der Waals surface area (Å²) in [6.45, 7) is 4.91. The van der Waals surface area contributed by atoms with Gasteiger partial charge in [-0.25, -0.2) is 8.42 Å². The average Bonchev–Trinajstić information content (AvgIpc) is 2.75. The first kappa shape index (κ1) is 14.0. The third-order valence-electron chi connectivity index (χ3n) is 3.69. The van der Waals surface area contributed by atoms with E-state index in [1.807, 2.05) is 0 Å². The lowest BCUT2D eigenvalue weighted by Crippen LogP contribution is -2.61. The van der Waals surface area contributed by atoms with Crippen LogP contribution < -0.4 is 5.32 Å². The molecule has 0 radical (unpaired) electrons. The molecule has 2 fully saturated rings. The van der Waals surface area contributed by atoms with Crippen LogP contribution in [-0.2, 0) is 10.0 Å². The molecule has 8 heteroatoms. The van der Waals surface area contributed by atoms with E-state index in [4.69, 9.17) is 0 Å². The van der Waals surface area contributed by atoms with Gasteiger partial charge in [0.05, 0.1) is 3.79 Å². The van der Waals surface area contributed by atoms with E-state index in [9.17, 15) is 8.42 Å². The van der Waals surface area contributed by atoms with E-state index in [2.05, 4.69) is 26.1 Å². The van der Waals surface area contributed by atoms with Crippen LogP contribution in [0.5, 0.6) is 0 Å². The molecule has 5 nitrogen and oxygen atoms in total. The van der Waals surface area contributed by atoms with E-state index in [0.29, 0.717) is 23.3 Å². The van der Waals surface area contributed by atoms with Gasteiger partial charge in [-0.1, -0.05) is 0 Å². The van der Waals surface area contributed by atoms with Crippen LogP contribution in [0.15, 0.2) is 20.1 Å². The zero-order valence-corrected chi connectivity index (χ0v) is 13.6. The number of hydrogen-bond donors (Lipinski definition) is 1.